The van der Waals surface area contributed by atoms with E-state index in [2.05, 4.69) is 41.5 Å². The van der Waals surface area contributed by atoms with E-state index < -0.39 is 0 Å². The molecule has 1 aliphatic heterocycles. The van der Waals surface area contributed by atoms with Crippen LogP contribution in [-0.2, 0) is 11.2 Å². The third-order valence-electron chi connectivity index (χ3n) is 5.79. The number of amides is 3. The highest BCUT2D eigenvalue weighted by molar-refractivity contribution is 5.84. The van der Waals surface area contributed by atoms with E-state index >= 15 is 0 Å². The number of benzene rings is 1. The van der Waals surface area contributed by atoms with E-state index in [1.807, 2.05) is 29.2 Å². The summed E-state index contributed by atoms with van der Waals surface area (Å²) in [5.74, 6) is 0.760. The molecule has 3 rings (SSSR count). The summed E-state index contributed by atoms with van der Waals surface area (Å²) in [6.45, 7) is 4.28. The molecule has 1 N–H and O–H groups in total. The molecule has 2 aromatic rings. The van der Waals surface area contributed by atoms with E-state index in [-0.39, 0.29) is 18.5 Å². The van der Waals surface area contributed by atoms with Crippen molar-refractivity contribution in [2.24, 2.45) is 5.92 Å². The molecule has 2 unspecified atom stereocenters. The highest BCUT2D eigenvalue weighted by Crippen LogP contribution is 2.31. The third kappa shape index (κ3) is 5.79. The second-order valence-corrected chi connectivity index (χ2v) is 7.74. The van der Waals surface area contributed by atoms with Gasteiger partial charge in [-0.05, 0) is 36.0 Å². The second-order valence-electron chi connectivity index (χ2n) is 7.74. The maximum atomic E-state index is 12.5. The van der Waals surface area contributed by atoms with Gasteiger partial charge < -0.3 is 15.1 Å². The number of rotatable bonds is 7. The molecule has 1 fully saturated rings. The van der Waals surface area contributed by atoms with Crippen molar-refractivity contribution in [3.8, 4) is 0 Å². The third-order valence-corrected chi connectivity index (χ3v) is 5.79. The smallest absolute Gasteiger partial charge is 0.317 e. The van der Waals surface area contributed by atoms with E-state index in [0.29, 0.717) is 24.8 Å². The van der Waals surface area contributed by atoms with Crippen LogP contribution in [0.1, 0.15) is 30.5 Å². The lowest BCUT2D eigenvalue weighted by Crippen LogP contribution is -2.44. The molecule has 1 aromatic carbocycles. The molecular formula is C23H30N4O2. The fraction of sp³-hybridized carbons (Fsp3) is 0.435. The topological polar surface area (TPSA) is 65.5 Å². The van der Waals surface area contributed by atoms with Crippen LogP contribution in [0.3, 0.4) is 0 Å². The zero-order valence-corrected chi connectivity index (χ0v) is 17.3. The Balaban J connectivity index is 1.40. The average molecular weight is 395 g/mol. The van der Waals surface area contributed by atoms with Gasteiger partial charge in [-0.15, -0.1) is 0 Å². The van der Waals surface area contributed by atoms with Crippen molar-refractivity contribution in [1.29, 1.82) is 0 Å². The van der Waals surface area contributed by atoms with Gasteiger partial charge in [0.2, 0.25) is 5.91 Å². The van der Waals surface area contributed by atoms with Crippen molar-refractivity contribution >= 4 is 11.9 Å². The summed E-state index contributed by atoms with van der Waals surface area (Å²) in [4.78, 5) is 32.5. The molecule has 1 aromatic heterocycles. The minimum atomic E-state index is -0.153. The summed E-state index contributed by atoms with van der Waals surface area (Å²) < 4.78 is 0. The highest BCUT2D eigenvalue weighted by Gasteiger charge is 2.30. The van der Waals surface area contributed by atoms with Crippen LogP contribution < -0.4 is 5.32 Å². The van der Waals surface area contributed by atoms with Crippen LogP contribution in [0, 0.1) is 5.92 Å². The molecule has 6 nitrogen and oxygen atoms in total. The van der Waals surface area contributed by atoms with Crippen molar-refractivity contribution in [2.45, 2.75) is 25.7 Å². The van der Waals surface area contributed by atoms with Crippen LogP contribution in [0.2, 0.25) is 0 Å². The van der Waals surface area contributed by atoms with Crippen LogP contribution in [0.4, 0.5) is 4.79 Å². The molecule has 0 radical (unpaired) electrons. The summed E-state index contributed by atoms with van der Waals surface area (Å²) in [6, 6.07) is 16.0. The quantitative estimate of drug-likeness (QED) is 0.785. The summed E-state index contributed by atoms with van der Waals surface area (Å²) >= 11 is 0. The van der Waals surface area contributed by atoms with Gasteiger partial charge in [0, 0.05) is 45.0 Å². The summed E-state index contributed by atoms with van der Waals surface area (Å²) in [7, 11) is 1.75. The normalized spacial score (nSPS) is 17.0. The maximum Gasteiger partial charge on any atom is 0.317 e. The first-order valence-corrected chi connectivity index (χ1v) is 10.3. The number of urea groups is 1. The largest absolute Gasteiger partial charge is 0.344 e. The van der Waals surface area contributed by atoms with Crippen molar-refractivity contribution in [3.63, 3.8) is 0 Å². The molecular weight excluding hydrogens is 364 g/mol. The molecule has 0 spiro atoms. The van der Waals surface area contributed by atoms with Crippen molar-refractivity contribution in [3.05, 3.63) is 66.0 Å². The SMILES string of the molecule is CC(c1ccccc1)C1CCN(C(=O)NCC(=O)N(C)CCc2ccccn2)C1. The van der Waals surface area contributed by atoms with Crippen LogP contribution in [0.15, 0.2) is 54.7 Å². The van der Waals surface area contributed by atoms with E-state index in [0.717, 1.165) is 25.2 Å². The number of carbonyl (C=O) groups is 2. The Morgan fingerprint density at radius 1 is 1.21 bits per heavy atom. The molecule has 0 saturated carbocycles. The zero-order chi connectivity index (χ0) is 20.6. The predicted octanol–water partition coefficient (Wildman–Crippen LogP) is 2.92. The fourth-order valence-corrected chi connectivity index (χ4v) is 3.76. The molecule has 2 atom stereocenters. The van der Waals surface area contributed by atoms with Crippen molar-refractivity contribution in [1.82, 2.24) is 20.1 Å². The Hall–Kier alpha value is -2.89. The van der Waals surface area contributed by atoms with Crippen LogP contribution >= 0.6 is 0 Å². The summed E-state index contributed by atoms with van der Waals surface area (Å²) in [6.07, 6.45) is 3.43. The lowest BCUT2D eigenvalue weighted by Gasteiger charge is -2.22. The van der Waals surface area contributed by atoms with Crippen LogP contribution in [0.5, 0.6) is 0 Å². The standard InChI is InChI=1S/C23H30N4O2/c1-18(19-8-4-3-5-9-19)20-11-15-27(17-20)23(29)25-16-22(28)26(2)14-12-21-10-6-7-13-24-21/h3-10,13,18,20H,11-12,14-17H2,1-2H3,(H,25,29). The molecule has 29 heavy (non-hydrogen) atoms. The zero-order valence-electron chi connectivity index (χ0n) is 17.3. The Morgan fingerprint density at radius 2 is 1.97 bits per heavy atom. The van der Waals surface area contributed by atoms with E-state index in [9.17, 15) is 9.59 Å². The van der Waals surface area contributed by atoms with E-state index in [1.54, 1.807) is 18.1 Å². The Labute approximate surface area is 172 Å². The van der Waals surface area contributed by atoms with Gasteiger partial charge in [0.25, 0.3) is 0 Å². The van der Waals surface area contributed by atoms with E-state index in [4.69, 9.17) is 0 Å². The molecule has 1 saturated heterocycles. The van der Waals surface area contributed by atoms with Crippen molar-refractivity contribution in [2.75, 3.05) is 33.2 Å². The number of nitrogens with one attached hydrogen (secondary N) is 1. The second kappa shape index (κ2) is 10.0. The monoisotopic (exact) mass is 394 g/mol. The van der Waals surface area contributed by atoms with Crippen LogP contribution in [-0.4, -0.2) is 59.9 Å². The van der Waals surface area contributed by atoms with Crippen LogP contribution in [0.25, 0.3) is 0 Å². The average Bonchev–Trinajstić information content (AvgIpc) is 3.26. The molecule has 0 aliphatic carbocycles. The minimum absolute atomic E-state index is 0.0208. The molecule has 1 aliphatic rings. The predicted molar refractivity (Wildman–Crippen MR) is 114 cm³/mol. The molecule has 2 heterocycles. The lowest BCUT2D eigenvalue weighted by atomic mass is 9.87. The van der Waals surface area contributed by atoms with Gasteiger partial charge in [-0.25, -0.2) is 4.79 Å². The van der Waals surface area contributed by atoms with Gasteiger partial charge in [0.05, 0.1) is 6.54 Å². The number of hydrogen-bond acceptors (Lipinski definition) is 3. The summed E-state index contributed by atoms with van der Waals surface area (Å²) in [5.41, 5.74) is 2.26. The Kier molecular flexibility index (Phi) is 7.22. The highest BCUT2D eigenvalue weighted by atomic mass is 16.2. The Morgan fingerprint density at radius 3 is 2.69 bits per heavy atom. The lowest BCUT2D eigenvalue weighted by molar-refractivity contribution is -0.128. The number of aromatic nitrogens is 1. The number of hydrogen-bond donors (Lipinski definition) is 1. The molecule has 6 heteroatoms. The number of carbonyl (C=O) groups excluding carboxylic acids is 2. The Bertz CT molecular complexity index is 797. The van der Waals surface area contributed by atoms with Gasteiger partial charge in [-0.2, -0.15) is 0 Å². The van der Waals surface area contributed by atoms with Gasteiger partial charge in [0.1, 0.15) is 0 Å². The molecule has 0 bridgehead atoms. The number of likely N-dealkylation sites (N-methyl/N-ethyl adjacent to an activating group) is 1. The number of nitrogens with zero attached hydrogens (tertiary/aromatic N) is 3. The molecule has 3 amide bonds. The number of pyridine rings is 1. The van der Waals surface area contributed by atoms with Gasteiger partial charge in [-0.1, -0.05) is 43.3 Å². The van der Waals surface area contributed by atoms with Crippen molar-refractivity contribution < 1.29 is 9.59 Å². The van der Waals surface area contributed by atoms with Gasteiger partial charge in [0.15, 0.2) is 0 Å². The molecule has 154 valence electrons. The minimum Gasteiger partial charge on any atom is -0.344 e. The van der Waals surface area contributed by atoms with E-state index in [1.165, 1.54) is 5.56 Å². The first kappa shape index (κ1) is 20.8. The maximum absolute atomic E-state index is 12.5. The first-order valence-electron chi connectivity index (χ1n) is 10.3. The first-order chi connectivity index (χ1) is 14.0. The van der Waals surface area contributed by atoms with Gasteiger partial charge in [-0.3, -0.25) is 9.78 Å². The summed E-state index contributed by atoms with van der Waals surface area (Å²) in [5, 5.41) is 2.78. The fourth-order valence-electron chi connectivity index (χ4n) is 3.76. The number of likely N-dealkylation sites (tertiary alicyclic amines) is 1. The van der Waals surface area contributed by atoms with Gasteiger partial charge >= 0.3 is 6.03 Å².